The number of alkyl halides is 3. The van der Waals surface area contributed by atoms with E-state index in [1.165, 1.54) is 18.2 Å². The molecule has 5 nitrogen and oxygen atoms in total. The Morgan fingerprint density at radius 3 is 2.74 bits per heavy atom. The second kappa shape index (κ2) is 9.41. The largest absolute Gasteiger partial charge is 0.573 e. The van der Waals surface area contributed by atoms with Crippen molar-refractivity contribution in [2.75, 3.05) is 26.2 Å². The van der Waals surface area contributed by atoms with Crippen LogP contribution in [0.1, 0.15) is 38.2 Å². The Balaban J connectivity index is 2.12. The van der Waals surface area contributed by atoms with Gasteiger partial charge in [-0.2, -0.15) is 0 Å². The van der Waals surface area contributed by atoms with Crippen LogP contribution in [-0.2, 0) is 4.79 Å². The van der Waals surface area contributed by atoms with Crippen molar-refractivity contribution in [2.45, 2.75) is 45.1 Å². The summed E-state index contributed by atoms with van der Waals surface area (Å²) in [6.07, 6.45) is -4.35. The Labute approximate surface area is 157 Å². The number of carbonyl (C=O) groups excluding carboxylic acids is 1. The predicted molar refractivity (Wildman–Crippen MR) is 95.4 cm³/mol. The van der Waals surface area contributed by atoms with Crippen LogP contribution in [0, 0.1) is 5.92 Å². The number of nitrogens with one attached hydrogen (secondary N) is 1. The van der Waals surface area contributed by atoms with E-state index >= 15 is 0 Å². The number of β-amino-alcohol motifs (C(OH)–C–C–N with tert-alkyl or cyclic N) is 1. The van der Waals surface area contributed by atoms with E-state index in [0.29, 0.717) is 44.1 Å². The van der Waals surface area contributed by atoms with Gasteiger partial charge in [-0.15, -0.1) is 13.2 Å². The van der Waals surface area contributed by atoms with Gasteiger partial charge in [-0.1, -0.05) is 26.0 Å². The molecule has 0 radical (unpaired) electrons. The monoisotopic (exact) mass is 388 g/mol. The van der Waals surface area contributed by atoms with Crippen LogP contribution < -0.4 is 10.1 Å². The molecule has 152 valence electrons. The fourth-order valence-corrected chi connectivity index (χ4v) is 3.16. The molecule has 27 heavy (non-hydrogen) atoms. The van der Waals surface area contributed by atoms with Crippen LogP contribution in [0.2, 0.25) is 0 Å². The van der Waals surface area contributed by atoms with Crippen LogP contribution >= 0.6 is 0 Å². The van der Waals surface area contributed by atoms with Gasteiger partial charge < -0.3 is 20.1 Å². The van der Waals surface area contributed by atoms with Crippen molar-refractivity contribution < 1.29 is 27.8 Å². The Morgan fingerprint density at radius 2 is 2.15 bits per heavy atom. The average Bonchev–Trinajstić information content (AvgIpc) is 2.96. The van der Waals surface area contributed by atoms with Crippen molar-refractivity contribution in [3.8, 4) is 5.75 Å². The normalized spacial score (nSPS) is 19.3. The van der Waals surface area contributed by atoms with E-state index in [1.807, 2.05) is 18.7 Å². The SMILES string of the molecule is CC(C)CNC(=O)C[C@H](CN1CC[C@H](O)C1)c1cccc(OC(F)(F)F)c1. The molecule has 1 aromatic carbocycles. The van der Waals surface area contributed by atoms with Crippen LogP contribution in [0.5, 0.6) is 5.75 Å². The first kappa shape index (κ1) is 21.5. The molecule has 1 aliphatic heterocycles. The number of benzene rings is 1. The van der Waals surface area contributed by atoms with Crippen LogP contribution in [0.15, 0.2) is 24.3 Å². The Hall–Kier alpha value is -1.80. The molecule has 0 saturated carbocycles. The van der Waals surface area contributed by atoms with E-state index in [9.17, 15) is 23.1 Å². The molecule has 1 amide bonds. The van der Waals surface area contributed by atoms with Crippen LogP contribution in [-0.4, -0.2) is 54.6 Å². The molecular formula is C19H27F3N2O3. The number of hydrogen-bond acceptors (Lipinski definition) is 4. The topological polar surface area (TPSA) is 61.8 Å². The Bertz CT molecular complexity index is 622. The third kappa shape index (κ3) is 7.76. The molecule has 0 aromatic heterocycles. The molecule has 2 atom stereocenters. The number of rotatable bonds is 8. The van der Waals surface area contributed by atoms with Crippen molar-refractivity contribution in [3.63, 3.8) is 0 Å². The Kier molecular flexibility index (Phi) is 7.49. The van der Waals surface area contributed by atoms with Gasteiger partial charge in [0, 0.05) is 38.5 Å². The maximum absolute atomic E-state index is 12.5. The minimum Gasteiger partial charge on any atom is -0.406 e. The summed E-state index contributed by atoms with van der Waals surface area (Å²) < 4.78 is 41.5. The molecule has 2 N–H and O–H groups in total. The summed E-state index contributed by atoms with van der Waals surface area (Å²) in [5.74, 6) is -0.423. The molecule has 1 fully saturated rings. The zero-order valence-electron chi connectivity index (χ0n) is 15.6. The molecule has 1 aromatic rings. The van der Waals surface area contributed by atoms with Gasteiger partial charge in [0.1, 0.15) is 5.75 Å². The first-order valence-electron chi connectivity index (χ1n) is 9.15. The van der Waals surface area contributed by atoms with E-state index in [4.69, 9.17) is 0 Å². The molecular weight excluding hydrogens is 361 g/mol. The predicted octanol–water partition coefficient (Wildman–Crippen LogP) is 2.90. The molecule has 0 spiro atoms. The van der Waals surface area contributed by atoms with Crippen molar-refractivity contribution in [1.29, 1.82) is 0 Å². The second-order valence-electron chi connectivity index (χ2n) is 7.42. The van der Waals surface area contributed by atoms with E-state index < -0.39 is 12.5 Å². The lowest BCUT2D eigenvalue weighted by Crippen LogP contribution is -2.33. The fraction of sp³-hybridized carbons (Fsp3) is 0.632. The number of aliphatic hydroxyl groups excluding tert-OH is 1. The number of aliphatic hydroxyl groups is 1. The van der Waals surface area contributed by atoms with E-state index in [2.05, 4.69) is 10.1 Å². The maximum atomic E-state index is 12.5. The molecule has 1 aliphatic rings. The van der Waals surface area contributed by atoms with Crippen LogP contribution in [0.3, 0.4) is 0 Å². The highest BCUT2D eigenvalue weighted by molar-refractivity contribution is 5.77. The van der Waals surface area contributed by atoms with Gasteiger partial charge in [0.15, 0.2) is 0 Å². The third-order valence-electron chi connectivity index (χ3n) is 4.43. The van der Waals surface area contributed by atoms with Crippen LogP contribution in [0.25, 0.3) is 0 Å². The fourth-order valence-electron chi connectivity index (χ4n) is 3.16. The minimum atomic E-state index is -4.76. The maximum Gasteiger partial charge on any atom is 0.573 e. The highest BCUT2D eigenvalue weighted by Crippen LogP contribution is 2.29. The zero-order valence-corrected chi connectivity index (χ0v) is 15.6. The first-order valence-corrected chi connectivity index (χ1v) is 9.15. The number of ether oxygens (including phenoxy) is 1. The number of amides is 1. The number of likely N-dealkylation sites (tertiary alicyclic amines) is 1. The summed E-state index contributed by atoms with van der Waals surface area (Å²) in [6, 6.07) is 5.78. The van der Waals surface area contributed by atoms with Gasteiger partial charge in [0.2, 0.25) is 5.91 Å². The molecule has 1 heterocycles. The number of carbonyl (C=O) groups is 1. The third-order valence-corrected chi connectivity index (χ3v) is 4.43. The lowest BCUT2D eigenvalue weighted by atomic mass is 9.94. The smallest absolute Gasteiger partial charge is 0.406 e. The highest BCUT2D eigenvalue weighted by atomic mass is 19.4. The summed E-state index contributed by atoms with van der Waals surface area (Å²) in [6.45, 7) is 6.21. The zero-order chi connectivity index (χ0) is 20.0. The van der Waals surface area contributed by atoms with Crippen LogP contribution in [0.4, 0.5) is 13.2 Å². The summed E-state index contributed by atoms with van der Waals surface area (Å²) in [5, 5.41) is 12.6. The average molecular weight is 388 g/mol. The summed E-state index contributed by atoms with van der Waals surface area (Å²) >= 11 is 0. The molecule has 8 heteroatoms. The quantitative estimate of drug-likeness (QED) is 0.719. The lowest BCUT2D eigenvalue weighted by Gasteiger charge is -2.24. The number of halogens is 3. The van der Waals surface area contributed by atoms with Gasteiger partial charge in [-0.3, -0.25) is 4.79 Å². The first-order chi connectivity index (χ1) is 12.6. The summed E-state index contributed by atoms with van der Waals surface area (Å²) in [5.41, 5.74) is 0.609. The van der Waals surface area contributed by atoms with Gasteiger partial charge >= 0.3 is 6.36 Å². The molecule has 2 rings (SSSR count). The number of nitrogens with zero attached hydrogens (tertiary/aromatic N) is 1. The van der Waals surface area contributed by atoms with Gasteiger partial charge in [-0.25, -0.2) is 0 Å². The van der Waals surface area contributed by atoms with Gasteiger partial charge in [0.25, 0.3) is 0 Å². The van der Waals surface area contributed by atoms with E-state index in [0.717, 1.165) is 0 Å². The van der Waals surface area contributed by atoms with Gasteiger partial charge in [-0.05, 0) is 30.0 Å². The summed E-state index contributed by atoms with van der Waals surface area (Å²) in [4.78, 5) is 14.3. The molecule has 0 bridgehead atoms. The second-order valence-corrected chi connectivity index (χ2v) is 7.42. The van der Waals surface area contributed by atoms with Gasteiger partial charge in [0.05, 0.1) is 6.10 Å². The van der Waals surface area contributed by atoms with Crippen molar-refractivity contribution in [1.82, 2.24) is 10.2 Å². The standard InChI is InChI=1S/C19H27F3N2O3/c1-13(2)10-23-18(26)9-15(11-24-7-6-16(25)12-24)14-4-3-5-17(8-14)27-19(20,21)22/h3-5,8,13,15-16,25H,6-7,9-12H2,1-2H3,(H,23,26)/t15-,16+/m1/s1. The van der Waals surface area contributed by atoms with Crippen molar-refractivity contribution >= 4 is 5.91 Å². The molecule has 0 unspecified atom stereocenters. The molecule has 1 saturated heterocycles. The van der Waals surface area contributed by atoms with Crippen molar-refractivity contribution in [2.24, 2.45) is 5.92 Å². The Morgan fingerprint density at radius 1 is 1.41 bits per heavy atom. The number of hydrogen-bond donors (Lipinski definition) is 2. The minimum absolute atomic E-state index is 0.143. The molecule has 0 aliphatic carbocycles. The summed E-state index contributed by atoms with van der Waals surface area (Å²) in [7, 11) is 0. The lowest BCUT2D eigenvalue weighted by molar-refractivity contribution is -0.274. The highest BCUT2D eigenvalue weighted by Gasteiger charge is 2.31. The van der Waals surface area contributed by atoms with Crippen molar-refractivity contribution in [3.05, 3.63) is 29.8 Å². The van der Waals surface area contributed by atoms with E-state index in [-0.39, 0.29) is 24.0 Å². The van der Waals surface area contributed by atoms with E-state index in [1.54, 1.807) is 6.07 Å².